The van der Waals surface area contributed by atoms with Gasteiger partial charge in [0.15, 0.2) is 0 Å². The third-order valence-corrected chi connectivity index (χ3v) is 10.2. The first-order valence-electron chi connectivity index (χ1n) is 14.9. The summed E-state index contributed by atoms with van der Waals surface area (Å²) < 4.78 is 5.81. The Labute approximate surface area is 232 Å². The van der Waals surface area contributed by atoms with Gasteiger partial charge >= 0.3 is 0 Å². The highest BCUT2D eigenvalue weighted by atomic mass is 16.5. The lowest BCUT2D eigenvalue weighted by molar-refractivity contribution is -0.136. The summed E-state index contributed by atoms with van der Waals surface area (Å²) >= 11 is 0. The lowest BCUT2D eigenvalue weighted by atomic mass is 9.63. The molecule has 2 amide bonds. The predicted molar refractivity (Wildman–Crippen MR) is 153 cm³/mol. The number of nitrogens with one attached hydrogen (secondary N) is 3. The molecule has 3 aliphatic rings. The standard InChI is InChI=1S/C31H47N5O3/c1-6-33-27(37)25(30(5)12-7-13-30)36-28(38)31(14-15-39-18-31)20-9-11-22-23(16-20)35-26(34-22)24(32)21-10-8-19(2)17-29(21,3)4/h9,11,16,19,21,24-25H,6-8,10,12-15,17-18,32H2,1-5H3,(H,33,37)(H,34,35)(H,36,38)/t19?,21?,24?,25-,31?/m0/s1. The highest BCUT2D eigenvalue weighted by Crippen LogP contribution is 2.48. The molecule has 8 nitrogen and oxygen atoms in total. The molecule has 5 N–H and O–H groups in total. The SMILES string of the molecule is CCNC(=O)[C@H](NC(=O)C1(c2ccc3[nH]c(C(N)C4CCC(C)CC4(C)C)nc3c2)CCOC1)C1(C)CCC1. The zero-order valence-electron chi connectivity index (χ0n) is 24.4. The minimum atomic E-state index is -0.859. The van der Waals surface area contributed by atoms with Gasteiger partial charge in [-0.1, -0.05) is 46.6 Å². The number of imidazole rings is 1. The molecule has 0 radical (unpaired) electrons. The van der Waals surface area contributed by atoms with Crippen molar-refractivity contribution < 1.29 is 14.3 Å². The van der Waals surface area contributed by atoms with Crippen LogP contribution in [0.25, 0.3) is 11.0 Å². The number of aromatic nitrogens is 2. The summed E-state index contributed by atoms with van der Waals surface area (Å²) in [6, 6.07) is 5.29. The molecule has 39 heavy (non-hydrogen) atoms. The van der Waals surface area contributed by atoms with E-state index in [1.165, 1.54) is 12.8 Å². The summed E-state index contributed by atoms with van der Waals surface area (Å²) in [4.78, 5) is 35.5. The van der Waals surface area contributed by atoms with E-state index in [1.807, 2.05) is 25.1 Å². The number of aromatic amines is 1. The van der Waals surface area contributed by atoms with Gasteiger partial charge in [0.2, 0.25) is 11.8 Å². The first-order valence-corrected chi connectivity index (χ1v) is 14.9. The summed E-state index contributed by atoms with van der Waals surface area (Å²) in [6.07, 6.45) is 6.96. The molecule has 1 saturated heterocycles. The number of carbonyl (C=O) groups excluding carboxylic acids is 2. The summed E-state index contributed by atoms with van der Waals surface area (Å²) in [7, 11) is 0. The van der Waals surface area contributed by atoms with E-state index in [-0.39, 0.29) is 35.3 Å². The van der Waals surface area contributed by atoms with E-state index >= 15 is 0 Å². The van der Waals surface area contributed by atoms with Crippen LogP contribution in [0.5, 0.6) is 0 Å². The average Bonchev–Trinajstić information content (AvgIpc) is 3.52. The molecule has 5 atom stereocenters. The van der Waals surface area contributed by atoms with Crippen molar-refractivity contribution in [2.75, 3.05) is 19.8 Å². The number of fused-ring (bicyclic) bond motifs is 1. The molecule has 4 unspecified atom stereocenters. The molecule has 2 aliphatic carbocycles. The topological polar surface area (TPSA) is 122 Å². The number of rotatable bonds is 8. The van der Waals surface area contributed by atoms with Crippen molar-refractivity contribution in [2.24, 2.45) is 28.4 Å². The van der Waals surface area contributed by atoms with Crippen LogP contribution < -0.4 is 16.4 Å². The van der Waals surface area contributed by atoms with Crippen molar-refractivity contribution in [3.05, 3.63) is 29.6 Å². The first-order chi connectivity index (χ1) is 18.5. The number of likely N-dealkylation sites (N-methyl/N-ethyl adjacent to an activating group) is 1. The molecule has 214 valence electrons. The molecule has 3 fully saturated rings. The van der Waals surface area contributed by atoms with Gasteiger partial charge < -0.3 is 26.1 Å². The lowest BCUT2D eigenvalue weighted by Crippen LogP contribution is -2.61. The van der Waals surface area contributed by atoms with Crippen molar-refractivity contribution in [2.45, 2.75) is 97.1 Å². The second-order valence-corrected chi connectivity index (χ2v) is 13.6. The van der Waals surface area contributed by atoms with Crippen LogP contribution in [-0.4, -0.2) is 47.6 Å². The van der Waals surface area contributed by atoms with Crippen LogP contribution in [0.2, 0.25) is 0 Å². The van der Waals surface area contributed by atoms with Crippen LogP contribution in [0.15, 0.2) is 18.2 Å². The van der Waals surface area contributed by atoms with E-state index in [9.17, 15) is 9.59 Å². The summed E-state index contributed by atoms with van der Waals surface area (Å²) in [6.45, 7) is 12.3. The number of hydrogen-bond acceptors (Lipinski definition) is 5. The van der Waals surface area contributed by atoms with Crippen LogP contribution in [0.1, 0.15) is 97.0 Å². The number of benzene rings is 1. The average molecular weight is 538 g/mol. The smallest absolute Gasteiger partial charge is 0.243 e. The normalized spacial score (nSPS) is 29.4. The van der Waals surface area contributed by atoms with Crippen molar-refractivity contribution in [1.82, 2.24) is 20.6 Å². The Morgan fingerprint density at radius 3 is 2.59 bits per heavy atom. The van der Waals surface area contributed by atoms with E-state index in [2.05, 4.69) is 43.3 Å². The fraction of sp³-hybridized carbons (Fsp3) is 0.710. The highest BCUT2D eigenvalue weighted by molar-refractivity contribution is 5.94. The van der Waals surface area contributed by atoms with Crippen LogP contribution >= 0.6 is 0 Å². The molecular formula is C31H47N5O3. The van der Waals surface area contributed by atoms with Gasteiger partial charge in [0.05, 0.1) is 29.1 Å². The number of hydrogen-bond donors (Lipinski definition) is 4. The van der Waals surface area contributed by atoms with Gasteiger partial charge in [-0.25, -0.2) is 4.98 Å². The van der Waals surface area contributed by atoms with Gasteiger partial charge in [-0.05, 0) is 79.4 Å². The molecule has 1 aromatic carbocycles. The molecule has 8 heteroatoms. The Hall–Kier alpha value is -2.45. The van der Waals surface area contributed by atoms with Gasteiger partial charge in [0, 0.05) is 13.2 Å². The molecule has 1 aliphatic heterocycles. The second-order valence-electron chi connectivity index (χ2n) is 13.6. The van der Waals surface area contributed by atoms with Crippen molar-refractivity contribution in [1.29, 1.82) is 0 Å². The molecule has 5 rings (SSSR count). The third kappa shape index (κ3) is 5.10. The Kier molecular flexibility index (Phi) is 7.57. The number of H-pyrrole nitrogens is 1. The van der Waals surface area contributed by atoms with Crippen molar-refractivity contribution in [3.63, 3.8) is 0 Å². The fourth-order valence-electron chi connectivity index (χ4n) is 7.57. The summed E-state index contributed by atoms with van der Waals surface area (Å²) in [5, 5.41) is 6.10. The van der Waals surface area contributed by atoms with Gasteiger partial charge in [-0.2, -0.15) is 0 Å². The molecule has 0 bridgehead atoms. The minimum absolute atomic E-state index is 0.108. The Bertz CT molecular complexity index is 1210. The van der Waals surface area contributed by atoms with Gasteiger partial charge in [-0.15, -0.1) is 0 Å². The zero-order valence-corrected chi connectivity index (χ0v) is 24.4. The van der Waals surface area contributed by atoms with Crippen LogP contribution in [0.4, 0.5) is 0 Å². The van der Waals surface area contributed by atoms with Crippen molar-refractivity contribution in [3.8, 4) is 0 Å². The molecule has 2 saturated carbocycles. The number of ether oxygens (including phenoxy) is 1. The van der Waals surface area contributed by atoms with Crippen molar-refractivity contribution >= 4 is 22.8 Å². The summed E-state index contributed by atoms with van der Waals surface area (Å²) in [5.74, 6) is 1.63. The van der Waals surface area contributed by atoms with E-state index < -0.39 is 11.5 Å². The second kappa shape index (κ2) is 10.5. The Morgan fingerprint density at radius 2 is 1.97 bits per heavy atom. The number of nitrogens with two attached hydrogens (primary N) is 1. The van der Waals surface area contributed by atoms with Gasteiger partial charge in [-0.3, -0.25) is 9.59 Å². The molecule has 1 aromatic heterocycles. The predicted octanol–water partition coefficient (Wildman–Crippen LogP) is 4.49. The molecular weight excluding hydrogens is 490 g/mol. The number of amides is 2. The highest BCUT2D eigenvalue weighted by Gasteiger charge is 2.50. The van der Waals surface area contributed by atoms with E-state index in [1.54, 1.807) is 0 Å². The number of carbonyl (C=O) groups is 2. The lowest BCUT2D eigenvalue weighted by Gasteiger charge is -2.45. The Balaban J connectivity index is 1.42. The first kappa shape index (κ1) is 28.1. The number of nitrogens with zero attached hydrogens (tertiary/aromatic N) is 1. The molecule has 2 aromatic rings. The van der Waals surface area contributed by atoms with E-state index in [4.69, 9.17) is 15.5 Å². The van der Waals surface area contributed by atoms with Crippen LogP contribution in [-0.2, 0) is 19.7 Å². The third-order valence-electron chi connectivity index (χ3n) is 10.2. The van der Waals surface area contributed by atoms with E-state index in [0.717, 1.165) is 54.0 Å². The zero-order chi connectivity index (χ0) is 28.0. The largest absolute Gasteiger partial charge is 0.380 e. The maximum Gasteiger partial charge on any atom is 0.243 e. The molecule has 2 heterocycles. The van der Waals surface area contributed by atoms with Crippen LogP contribution in [0, 0.1) is 22.7 Å². The van der Waals surface area contributed by atoms with Crippen LogP contribution in [0.3, 0.4) is 0 Å². The van der Waals surface area contributed by atoms with E-state index in [0.29, 0.717) is 25.5 Å². The van der Waals surface area contributed by atoms with Gasteiger partial charge in [0.1, 0.15) is 11.9 Å². The van der Waals surface area contributed by atoms with Gasteiger partial charge in [0.25, 0.3) is 0 Å². The Morgan fingerprint density at radius 1 is 1.21 bits per heavy atom. The quantitative estimate of drug-likeness (QED) is 0.395. The maximum absolute atomic E-state index is 14.0. The summed E-state index contributed by atoms with van der Waals surface area (Å²) in [5.41, 5.74) is 8.51. The maximum atomic E-state index is 14.0. The molecule has 0 spiro atoms. The monoisotopic (exact) mass is 537 g/mol. The fourth-order valence-corrected chi connectivity index (χ4v) is 7.57. The minimum Gasteiger partial charge on any atom is -0.380 e.